The maximum absolute atomic E-state index is 13.1. The average molecular weight is 423 g/mol. The van der Waals surface area contributed by atoms with Crippen LogP contribution in [0.1, 0.15) is 32.3 Å². The highest BCUT2D eigenvalue weighted by Crippen LogP contribution is 2.19. The van der Waals surface area contributed by atoms with Gasteiger partial charge in [-0.15, -0.1) is 0 Å². The van der Waals surface area contributed by atoms with Gasteiger partial charge in [0.1, 0.15) is 6.04 Å². The molecule has 6 N–H and O–H groups in total. The summed E-state index contributed by atoms with van der Waals surface area (Å²) in [6, 6.07) is 4.75. The van der Waals surface area contributed by atoms with Crippen LogP contribution in [-0.2, 0) is 20.9 Å². The van der Waals surface area contributed by atoms with Crippen LogP contribution < -0.4 is 22.1 Å². The Bertz CT molecular complexity index is 777. The summed E-state index contributed by atoms with van der Waals surface area (Å²) >= 11 is 5.92. The molecule has 1 heterocycles. The highest BCUT2D eigenvalue weighted by atomic mass is 35.5. The van der Waals surface area contributed by atoms with Crippen LogP contribution in [0.3, 0.4) is 0 Å². The molecule has 0 aromatic heterocycles. The number of carbonyl (C=O) groups excluding carboxylic acids is 3. The summed E-state index contributed by atoms with van der Waals surface area (Å²) in [5.74, 6) is -1.38. The molecule has 0 aliphatic carbocycles. The Kier molecular flexibility index (Phi) is 7.83. The molecule has 1 saturated heterocycles. The molecule has 3 amide bonds. The summed E-state index contributed by atoms with van der Waals surface area (Å²) in [5, 5.41) is 5.93. The van der Waals surface area contributed by atoms with Crippen molar-refractivity contribution < 1.29 is 14.4 Å². The van der Waals surface area contributed by atoms with Crippen molar-refractivity contribution in [2.45, 2.75) is 51.4 Å². The molecule has 158 valence electrons. The van der Waals surface area contributed by atoms with Crippen LogP contribution >= 0.6 is 11.6 Å². The van der Waals surface area contributed by atoms with Crippen LogP contribution in [0.2, 0.25) is 5.02 Å². The molecule has 9 nitrogen and oxygen atoms in total. The van der Waals surface area contributed by atoms with E-state index in [9.17, 15) is 14.4 Å². The van der Waals surface area contributed by atoms with E-state index >= 15 is 0 Å². The predicted molar refractivity (Wildman–Crippen MR) is 111 cm³/mol. The van der Waals surface area contributed by atoms with Gasteiger partial charge in [-0.3, -0.25) is 19.4 Å². The number of nitrogens with one attached hydrogen (secondary N) is 2. The van der Waals surface area contributed by atoms with Crippen LogP contribution in [0.25, 0.3) is 0 Å². The van der Waals surface area contributed by atoms with Crippen LogP contribution in [0.5, 0.6) is 0 Å². The highest BCUT2D eigenvalue weighted by Gasteiger charge is 2.44. The van der Waals surface area contributed by atoms with E-state index in [0.29, 0.717) is 24.4 Å². The molecule has 1 aliphatic rings. The van der Waals surface area contributed by atoms with Crippen LogP contribution in [0, 0.1) is 0 Å². The Balaban J connectivity index is 2.21. The van der Waals surface area contributed by atoms with Crippen molar-refractivity contribution in [3.63, 3.8) is 0 Å². The van der Waals surface area contributed by atoms with Gasteiger partial charge >= 0.3 is 0 Å². The first-order valence-corrected chi connectivity index (χ1v) is 9.78. The van der Waals surface area contributed by atoms with Gasteiger partial charge < -0.3 is 27.0 Å². The van der Waals surface area contributed by atoms with Crippen molar-refractivity contribution >= 4 is 35.3 Å². The highest BCUT2D eigenvalue weighted by molar-refractivity contribution is 6.30. The summed E-state index contributed by atoms with van der Waals surface area (Å²) in [6.07, 6.45) is 0.864. The van der Waals surface area contributed by atoms with Gasteiger partial charge in [-0.05, 0) is 44.4 Å². The zero-order valence-electron chi connectivity index (χ0n) is 16.5. The monoisotopic (exact) mass is 422 g/mol. The molecule has 0 radical (unpaired) electrons. The Morgan fingerprint density at radius 2 is 1.93 bits per heavy atom. The van der Waals surface area contributed by atoms with Crippen molar-refractivity contribution in [2.75, 3.05) is 6.54 Å². The molecule has 1 fully saturated rings. The number of nitrogens with zero attached hydrogens (tertiary/aromatic N) is 2. The normalized spacial score (nSPS) is 19.1. The first-order chi connectivity index (χ1) is 13.7. The van der Waals surface area contributed by atoms with Gasteiger partial charge in [-0.25, -0.2) is 0 Å². The lowest BCUT2D eigenvalue weighted by Gasteiger charge is -2.38. The third-order valence-electron chi connectivity index (χ3n) is 4.35. The topological polar surface area (TPSA) is 143 Å². The van der Waals surface area contributed by atoms with Crippen LogP contribution in [0.15, 0.2) is 29.3 Å². The van der Waals surface area contributed by atoms with Gasteiger partial charge in [0.05, 0.1) is 0 Å². The standard InChI is InChI=1S/C19H27ClN6O3/c1-11(2)24-16(27)15-17(28)25-14(4-3-9-23-19(21)22)18(29)26(15)10-12-5-7-13(20)8-6-12/h5-8,11,14-15H,3-4,9-10H2,1-2H3,(H,24,27)(H,25,28)(H4,21,22,23). The van der Waals surface area contributed by atoms with Crippen molar-refractivity contribution in [3.05, 3.63) is 34.9 Å². The van der Waals surface area contributed by atoms with E-state index < -0.39 is 23.9 Å². The molecule has 29 heavy (non-hydrogen) atoms. The van der Waals surface area contributed by atoms with E-state index in [2.05, 4.69) is 15.6 Å². The minimum absolute atomic E-state index is 0.0289. The van der Waals surface area contributed by atoms with Crippen molar-refractivity contribution in [1.82, 2.24) is 15.5 Å². The number of carbonyl (C=O) groups is 3. The molecule has 10 heteroatoms. The number of amides is 3. The Morgan fingerprint density at radius 3 is 2.52 bits per heavy atom. The number of hydrogen-bond acceptors (Lipinski definition) is 4. The lowest BCUT2D eigenvalue weighted by Crippen LogP contribution is -2.67. The Morgan fingerprint density at radius 1 is 1.28 bits per heavy atom. The summed E-state index contributed by atoms with van der Waals surface area (Å²) in [4.78, 5) is 43.6. The number of hydrogen-bond donors (Lipinski definition) is 4. The van der Waals surface area contributed by atoms with Crippen molar-refractivity contribution in [2.24, 2.45) is 16.5 Å². The van der Waals surface area contributed by atoms with E-state index in [-0.39, 0.29) is 24.5 Å². The van der Waals surface area contributed by atoms with Gasteiger partial charge in [0, 0.05) is 24.2 Å². The number of benzene rings is 1. The molecule has 1 aliphatic heterocycles. The first kappa shape index (κ1) is 22.5. The van der Waals surface area contributed by atoms with Crippen molar-refractivity contribution in [3.8, 4) is 0 Å². The van der Waals surface area contributed by atoms with E-state index in [4.69, 9.17) is 23.1 Å². The van der Waals surface area contributed by atoms with Gasteiger partial charge in [0.15, 0.2) is 12.0 Å². The minimum Gasteiger partial charge on any atom is -0.370 e. The molecule has 0 saturated carbocycles. The zero-order valence-corrected chi connectivity index (χ0v) is 17.3. The molecular weight excluding hydrogens is 396 g/mol. The molecular formula is C19H27ClN6O3. The fourth-order valence-corrected chi connectivity index (χ4v) is 3.19. The van der Waals surface area contributed by atoms with Gasteiger partial charge in [-0.1, -0.05) is 23.7 Å². The number of piperazine rings is 1. The second-order valence-electron chi connectivity index (χ2n) is 7.17. The molecule has 0 bridgehead atoms. The van der Waals surface area contributed by atoms with E-state index in [1.807, 2.05) is 0 Å². The zero-order chi connectivity index (χ0) is 21.6. The van der Waals surface area contributed by atoms with E-state index in [1.54, 1.807) is 38.1 Å². The number of nitrogens with two attached hydrogens (primary N) is 2. The number of aliphatic imine (C=N–C) groups is 1. The summed E-state index contributed by atoms with van der Waals surface area (Å²) in [5.41, 5.74) is 11.4. The molecule has 0 spiro atoms. The third-order valence-corrected chi connectivity index (χ3v) is 4.60. The summed E-state index contributed by atoms with van der Waals surface area (Å²) in [6.45, 7) is 4.04. The second-order valence-corrected chi connectivity index (χ2v) is 7.60. The Hall–Kier alpha value is -2.81. The largest absolute Gasteiger partial charge is 0.370 e. The van der Waals surface area contributed by atoms with Gasteiger partial charge in [-0.2, -0.15) is 0 Å². The lowest BCUT2D eigenvalue weighted by atomic mass is 10.0. The smallest absolute Gasteiger partial charge is 0.253 e. The van der Waals surface area contributed by atoms with Gasteiger partial charge in [0.2, 0.25) is 5.91 Å². The minimum atomic E-state index is -1.24. The number of guanidine groups is 1. The van der Waals surface area contributed by atoms with Crippen molar-refractivity contribution in [1.29, 1.82) is 0 Å². The van der Waals surface area contributed by atoms with Gasteiger partial charge in [0.25, 0.3) is 11.8 Å². The molecule has 1 aromatic carbocycles. The average Bonchev–Trinajstić information content (AvgIpc) is 2.63. The first-order valence-electron chi connectivity index (χ1n) is 9.40. The maximum Gasteiger partial charge on any atom is 0.253 e. The SMILES string of the molecule is CC(C)NC(=O)C1C(=O)NC(CCCN=C(N)N)C(=O)N1Cc1ccc(Cl)cc1. The maximum atomic E-state index is 13.1. The fourth-order valence-electron chi connectivity index (χ4n) is 3.06. The van der Waals surface area contributed by atoms with Crippen LogP contribution in [0.4, 0.5) is 0 Å². The van der Waals surface area contributed by atoms with E-state index in [1.165, 1.54) is 4.90 Å². The summed E-state index contributed by atoms with van der Waals surface area (Å²) < 4.78 is 0. The number of halogens is 1. The van der Waals surface area contributed by atoms with Crippen LogP contribution in [-0.4, -0.2) is 53.3 Å². The number of rotatable bonds is 8. The summed E-state index contributed by atoms with van der Waals surface area (Å²) in [7, 11) is 0. The second kappa shape index (κ2) is 10.1. The molecule has 2 atom stereocenters. The quantitative estimate of drug-likeness (QED) is 0.203. The molecule has 2 unspecified atom stereocenters. The predicted octanol–water partition coefficient (Wildman–Crippen LogP) is 0.114. The lowest BCUT2D eigenvalue weighted by molar-refractivity contribution is -0.155. The Labute approximate surface area is 174 Å². The third kappa shape index (κ3) is 6.35. The molecule has 2 rings (SSSR count). The fraction of sp³-hybridized carbons (Fsp3) is 0.474. The molecule has 1 aromatic rings. The van der Waals surface area contributed by atoms with E-state index in [0.717, 1.165) is 5.56 Å².